The zero-order valence-electron chi connectivity index (χ0n) is 9.99. The molecule has 0 saturated heterocycles. The highest BCUT2D eigenvalue weighted by atomic mass is 32.2. The number of benzene rings is 1. The molecule has 0 amide bonds. The number of halogens is 3. The average Bonchev–Trinajstić information content (AvgIpc) is 2.70. The van der Waals surface area contributed by atoms with E-state index >= 15 is 0 Å². The van der Waals surface area contributed by atoms with E-state index in [1.54, 1.807) is 12.1 Å². The molecule has 0 atom stereocenters. The highest BCUT2D eigenvalue weighted by molar-refractivity contribution is 8.00. The minimum absolute atomic E-state index is 0.131. The second-order valence-corrected chi connectivity index (χ2v) is 6.00. The summed E-state index contributed by atoms with van der Waals surface area (Å²) in [7, 11) is 0. The van der Waals surface area contributed by atoms with Crippen molar-refractivity contribution in [2.75, 3.05) is 5.73 Å². The first kappa shape index (κ1) is 14.2. The van der Waals surface area contributed by atoms with Crippen LogP contribution in [0.15, 0.2) is 29.2 Å². The van der Waals surface area contributed by atoms with Gasteiger partial charge in [0.15, 0.2) is 0 Å². The summed E-state index contributed by atoms with van der Waals surface area (Å²) in [5.41, 5.74) is 2.97. The van der Waals surface area contributed by atoms with E-state index < -0.39 is 5.51 Å². The van der Waals surface area contributed by atoms with Gasteiger partial charge in [-0.05, 0) is 30.3 Å². The lowest BCUT2D eigenvalue weighted by Crippen LogP contribution is -1.98. The molecule has 1 aromatic carbocycles. The number of alkyl halides is 3. The summed E-state index contributed by atoms with van der Waals surface area (Å²) in [5, 5.41) is 1.51. The number of thioether (sulfide) groups is 1. The van der Waals surface area contributed by atoms with Crippen LogP contribution in [0.5, 0.6) is 0 Å². The van der Waals surface area contributed by atoms with Crippen LogP contribution >= 0.6 is 23.1 Å². The molecule has 0 spiro atoms. The number of nitrogen functional groups attached to an aromatic ring is 1. The van der Waals surface area contributed by atoms with Crippen LogP contribution in [0.3, 0.4) is 0 Å². The van der Waals surface area contributed by atoms with Crippen LogP contribution in [-0.4, -0.2) is 10.5 Å². The van der Waals surface area contributed by atoms with E-state index in [-0.39, 0.29) is 16.7 Å². The summed E-state index contributed by atoms with van der Waals surface area (Å²) in [6.07, 6.45) is 0.789. The molecular formula is C12H11F3N2S2. The zero-order valence-corrected chi connectivity index (χ0v) is 11.6. The van der Waals surface area contributed by atoms with Crippen molar-refractivity contribution in [2.24, 2.45) is 0 Å². The Morgan fingerprint density at radius 3 is 2.37 bits per heavy atom. The van der Waals surface area contributed by atoms with Crippen molar-refractivity contribution in [3.8, 4) is 11.3 Å². The van der Waals surface area contributed by atoms with Crippen LogP contribution in [0.1, 0.15) is 11.9 Å². The van der Waals surface area contributed by atoms with E-state index in [0.717, 1.165) is 17.0 Å². The largest absolute Gasteiger partial charge is 0.446 e. The Balaban J connectivity index is 2.24. The molecule has 0 unspecified atom stereocenters. The molecule has 0 aliphatic heterocycles. The third kappa shape index (κ3) is 3.63. The number of aryl methyl sites for hydroxylation is 1. The van der Waals surface area contributed by atoms with Gasteiger partial charge in [0.25, 0.3) is 0 Å². The van der Waals surface area contributed by atoms with E-state index in [9.17, 15) is 13.2 Å². The molecule has 0 aliphatic rings. The minimum atomic E-state index is -4.27. The number of nitrogens with two attached hydrogens (primary N) is 1. The number of hydrogen-bond donors (Lipinski definition) is 1. The van der Waals surface area contributed by atoms with Gasteiger partial charge in [-0.3, -0.25) is 0 Å². The van der Waals surface area contributed by atoms with Gasteiger partial charge in [0.05, 0.1) is 5.01 Å². The lowest BCUT2D eigenvalue weighted by Gasteiger charge is -2.06. The molecule has 102 valence electrons. The summed E-state index contributed by atoms with van der Waals surface area (Å²) in [6, 6.07) is 6.08. The fourth-order valence-electron chi connectivity index (χ4n) is 1.55. The molecule has 2 aromatic rings. The van der Waals surface area contributed by atoms with Gasteiger partial charge in [0.2, 0.25) is 0 Å². The molecule has 0 saturated carbocycles. The van der Waals surface area contributed by atoms with Gasteiger partial charge in [-0.2, -0.15) is 13.2 Å². The molecule has 0 fully saturated rings. The lowest BCUT2D eigenvalue weighted by atomic mass is 10.2. The maximum atomic E-state index is 12.2. The predicted octanol–water partition coefficient (Wildman–Crippen LogP) is 4.57. The summed E-state index contributed by atoms with van der Waals surface area (Å²) in [6.45, 7) is 1.98. The van der Waals surface area contributed by atoms with E-state index in [1.165, 1.54) is 23.5 Å². The van der Waals surface area contributed by atoms with E-state index in [0.29, 0.717) is 10.7 Å². The van der Waals surface area contributed by atoms with Crippen LogP contribution in [0.4, 0.5) is 18.2 Å². The van der Waals surface area contributed by atoms with Crippen LogP contribution < -0.4 is 5.73 Å². The van der Waals surface area contributed by atoms with Gasteiger partial charge in [-0.15, -0.1) is 11.3 Å². The van der Waals surface area contributed by atoms with Crippen LogP contribution in [0, 0.1) is 0 Å². The third-order valence-corrected chi connectivity index (χ3v) is 4.13. The van der Waals surface area contributed by atoms with Crippen molar-refractivity contribution in [1.82, 2.24) is 4.98 Å². The van der Waals surface area contributed by atoms with Gasteiger partial charge >= 0.3 is 5.51 Å². The van der Waals surface area contributed by atoms with E-state index in [1.807, 2.05) is 6.92 Å². The standard InChI is InChI=1S/C12H11F3N2S2/c1-2-9-17-10(11(16)18-9)7-3-5-8(6-4-7)19-12(13,14)15/h3-6H,2,16H2,1H3. The predicted molar refractivity (Wildman–Crippen MR) is 73.3 cm³/mol. The van der Waals surface area contributed by atoms with E-state index in [2.05, 4.69) is 4.98 Å². The fourth-order valence-corrected chi connectivity index (χ4v) is 2.89. The Hall–Kier alpha value is -1.21. The van der Waals surface area contributed by atoms with Crippen LogP contribution in [0.25, 0.3) is 11.3 Å². The summed E-state index contributed by atoms with van der Waals surface area (Å²) < 4.78 is 36.6. The maximum absolute atomic E-state index is 12.2. The quantitative estimate of drug-likeness (QED) is 0.844. The SMILES string of the molecule is CCc1nc(-c2ccc(SC(F)(F)F)cc2)c(N)s1. The van der Waals surface area contributed by atoms with Crippen LogP contribution in [-0.2, 0) is 6.42 Å². The number of hydrogen-bond acceptors (Lipinski definition) is 4. The van der Waals surface area contributed by atoms with Crippen molar-refractivity contribution in [3.05, 3.63) is 29.3 Å². The maximum Gasteiger partial charge on any atom is 0.446 e. The molecular weight excluding hydrogens is 293 g/mol. The zero-order chi connectivity index (χ0) is 14.0. The van der Waals surface area contributed by atoms with Crippen molar-refractivity contribution in [3.63, 3.8) is 0 Å². The second-order valence-electron chi connectivity index (χ2n) is 3.75. The van der Waals surface area contributed by atoms with Crippen LogP contribution in [0.2, 0.25) is 0 Å². The van der Waals surface area contributed by atoms with E-state index in [4.69, 9.17) is 5.73 Å². The Kier molecular flexibility index (Phi) is 4.05. The molecule has 2 nitrogen and oxygen atoms in total. The lowest BCUT2D eigenvalue weighted by molar-refractivity contribution is -0.0328. The normalized spacial score (nSPS) is 11.8. The number of rotatable bonds is 3. The third-order valence-electron chi connectivity index (χ3n) is 2.36. The highest BCUT2D eigenvalue weighted by Crippen LogP contribution is 2.38. The van der Waals surface area contributed by atoms with Gasteiger partial charge < -0.3 is 5.73 Å². The van der Waals surface area contributed by atoms with Crippen molar-refractivity contribution >= 4 is 28.1 Å². The summed E-state index contributed by atoms with van der Waals surface area (Å²) >= 11 is 1.27. The molecule has 19 heavy (non-hydrogen) atoms. The molecule has 1 aromatic heterocycles. The molecule has 0 bridgehead atoms. The molecule has 2 N–H and O–H groups in total. The van der Waals surface area contributed by atoms with Crippen molar-refractivity contribution in [2.45, 2.75) is 23.7 Å². The highest BCUT2D eigenvalue weighted by Gasteiger charge is 2.29. The first-order chi connectivity index (χ1) is 8.89. The first-order valence-corrected chi connectivity index (χ1v) is 7.13. The molecule has 1 heterocycles. The summed E-state index contributed by atoms with van der Waals surface area (Å²) in [4.78, 5) is 4.52. The number of nitrogens with zero attached hydrogens (tertiary/aromatic N) is 1. The van der Waals surface area contributed by atoms with Crippen molar-refractivity contribution in [1.29, 1.82) is 0 Å². The average molecular weight is 304 g/mol. The molecule has 0 aliphatic carbocycles. The molecule has 0 radical (unpaired) electrons. The molecule has 7 heteroatoms. The second kappa shape index (κ2) is 5.42. The summed E-state index contributed by atoms with van der Waals surface area (Å²) in [5.74, 6) is 0. The Morgan fingerprint density at radius 1 is 1.26 bits per heavy atom. The smallest absolute Gasteiger partial charge is 0.389 e. The van der Waals surface area contributed by atoms with Gasteiger partial charge in [0, 0.05) is 10.5 Å². The monoisotopic (exact) mass is 304 g/mol. The fraction of sp³-hybridized carbons (Fsp3) is 0.250. The first-order valence-electron chi connectivity index (χ1n) is 5.50. The Labute approximate surface area is 116 Å². The minimum Gasteiger partial charge on any atom is -0.389 e. The Bertz CT molecular complexity index is 561. The number of aromatic nitrogens is 1. The topological polar surface area (TPSA) is 38.9 Å². The van der Waals surface area contributed by atoms with Crippen molar-refractivity contribution < 1.29 is 13.2 Å². The molecule has 2 rings (SSSR count). The van der Waals surface area contributed by atoms with Gasteiger partial charge in [0.1, 0.15) is 10.7 Å². The number of anilines is 1. The van der Waals surface area contributed by atoms with Gasteiger partial charge in [-0.1, -0.05) is 19.1 Å². The number of thiazole rings is 1. The van der Waals surface area contributed by atoms with Gasteiger partial charge in [-0.25, -0.2) is 4.98 Å². The Morgan fingerprint density at radius 2 is 1.89 bits per heavy atom.